The first kappa shape index (κ1) is 21.5. The zero-order valence-corrected chi connectivity index (χ0v) is 18.1. The molecule has 1 fully saturated rings. The van der Waals surface area contributed by atoms with Gasteiger partial charge in [0.05, 0.1) is 4.88 Å². The maximum absolute atomic E-state index is 12.5. The number of nitrogens with zero attached hydrogens (tertiary/aromatic N) is 1. The van der Waals surface area contributed by atoms with E-state index in [-0.39, 0.29) is 11.8 Å². The SMILES string of the molecule is CC(NC(=O)c1cccs1)C(=O)NCc1ccccc1CN(C)C1CCCCC1. The van der Waals surface area contributed by atoms with Gasteiger partial charge in [0.15, 0.2) is 0 Å². The van der Waals surface area contributed by atoms with Crippen LogP contribution in [-0.4, -0.2) is 35.8 Å². The van der Waals surface area contributed by atoms with Crippen molar-refractivity contribution in [2.24, 2.45) is 0 Å². The fourth-order valence-corrected chi connectivity index (χ4v) is 4.51. The Bertz CT molecular complexity index is 800. The van der Waals surface area contributed by atoms with Crippen LogP contribution in [0.25, 0.3) is 0 Å². The molecule has 3 rings (SSSR count). The maximum Gasteiger partial charge on any atom is 0.261 e. The van der Waals surface area contributed by atoms with E-state index in [2.05, 4.69) is 40.8 Å². The zero-order chi connectivity index (χ0) is 20.6. The van der Waals surface area contributed by atoms with E-state index in [9.17, 15) is 9.59 Å². The standard InChI is InChI=1S/C23H31N3O2S/c1-17(25-23(28)21-13-8-14-29-21)22(27)24-15-18-9-6-7-10-19(18)16-26(2)20-11-4-3-5-12-20/h6-10,13-14,17,20H,3-5,11-12,15-16H2,1-2H3,(H,24,27)(H,25,28). The Morgan fingerprint density at radius 1 is 1.10 bits per heavy atom. The number of carbonyl (C=O) groups excluding carboxylic acids is 2. The number of hydrogen-bond donors (Lipinski definition) is 2. The van der Waals surface area contributed by atoms with Crippen LogP contribution in [0, 0.1) is 0 Å². The van der Waals surface area contributed by atoms with Crippen LogP contribution in [0.5, 0.6) is 0 Å². The van der Waals surface area contributed by atoms with Crippen LogP contribution in [0.2, 0.25) is 0 Å². The largest absolute Gasteiger partial charge is 0.350 e. The fourth-order valence-electron chi connectivity index (χ4n) is 3.88. The van der Waals surface area contributed by atoms with Crippen molar-refractivity contribution in [2.75, 3.05) is 7.05 Å². The van der Waals surface area contributed by atoms with Crippen LogP contribution in [0.1, 0.15) is 59.8 Å². The van der Waals surface area contributed by atoms with Crippen molar-refractivity contribution in [3.8, 4) is 0 Å². The van der Waals surface area contributed by atoms with E-state index in [1.54, 1.807) is 13.0 Å². The Kier molecular flexibility index (Phi) is 7.83. The minimum absolute atomic E-state index is 0.176. The number of hydrogen-bond acceptors (Lipinski definition) is 4. The summed E-state index contributed by atoms with van der Waals surface area (Å²) in [5, 5.41) is 7.58. The number of nitrogens with one attached hydrogen (secondary N) is 2. The van der Waals surface area contributed by atoms with Gasteiger partial charge in [0.2, 0.25) is 5.91 Å². The van der Waals surface area contributed by atoms with Gasteiger partial charge in [-0.05, 0) is 49.4 Å². The molecule has 29 heavy (non-hydrogen) atoms. The second kappa shape index (κ2) is 10.6. The zero-order valence-electron chi connectivity index (χ0n) is 17.3. The summed E-state index contributed by atoms with van der Waals surface area (Å²) in [4.78, 5) is 27.7. The van der Waals surface area contributed by atoms with E-state index in [0.717, 1.165) is 12.1 Å². The Hall–Kier alpha value is -2.18. The maximum atomic E-state index is 12.5. The normalized spacial score (nSPS) is 15.8. The number of rotatable bonds is 8. The smallest absolute Gasteiger partial charge is 0.261 e. The van der Waals surface area contributed by atoms with Gasteiger partial charge in [-0.25, -0.2) is 0 Å². The molecule has 1 saturated carbocycles. The molecule has 5 nitrogen and oxygen atoms in total. The quantitative estimate of drug-likeness (QED) is 0.689. The lowest BCUT2D eigenvalue weighted by Crippen LogP contribution is -2.44. The minimum Gasteiger partial charge on any atom is -0.350 e. The van der Waals surface area contributed by atoms with Gasteiger partial charge in [0.1, 0.15) is 6.04 Å². The fraction of sp³-hybridized carbons (Fsp3) is 0.478. The average Bonchev–Trinajstić information content (AvgIpc) is 3.28. The molecule has 6 heteroatoms. The summed E-state index contributed by atoms with van der Waals surface area (Å²) < 4.78 is 0. The highest BCUT2D eigenvalue weighted by molar-refractivity contribution is 7.12. The Morgan fingerprint density at radius 2 is 1.83 bits per heavy atom. The molecule has 1 aliphatic rings. The molecule has 1 atom stereocenters. The van der Waals surface area contributed by atoms with E-state index >= 15 is 0 Å². The summed E-state index contributed by atoms with van der Waals surface area (Å²) >= 11 is 1.37. The molecule has 156 valence electrons. The summed E-state index contributed by atoms with van der Waals surface area (Å²) in [6, 6.07) is 11.9. The van der Waals surface area contributed by atoms with Gasteiger partial charge in [-0.2, -0.15) is 0 Å². The predicted octanol–water partition coefficient (Wildman–Crippen LogP) is 3.95. The number of amides is 2. The first-order valence-corrected chi connectivity index (χ1v) is 11.3. The molecule has 2 amide bonds. The van der Waals surface area contributed by atoms with Crippen molar-refractivity contribution >= 4 is 23.2 Å². The van der Waals surface area contributed by atoms with Crippen LogP contribution < -0.4 is 10.6 Å². The van der Waals surface area contributed by atoms with Gasteiger partial charge in [-0.3, -0.25) is 14.5 Å². The van der Waals surface area contributed by atoms with Crippen LogP contribution in [-0.2, 0) is 17.9 Å². The molecule has 2 aromatic rings. The lowest BCUT2D eigenvalue weighted by atomic mass is 9.94. The summed E-state index contributed by atoms with van der Waals surface area (Å²) in [6.07, 6.45) is 6.55. The third kappa shape index (κ3) is 6.15. The summed E-state index contributed by atoms with van der Waals surface area (Å²) in [7, 11) is 2.20. The molecule has 1 unspecified atom stereocenters. The van der Waals surface area contributed by atoms with E-state index in [1.165, 1.54) is 49.0 Å². The molecule has 1 heterocycles. The molecule has 0 bridgehead atoms. The Balaban J connectivity index is 1.53. The van der Waals surface area contributed by atoms with E-state index < -0.39 is 6.04 Å². The third-order valence-corrected chi connectivity index (χ3v) is 6.54. The highest BCUT2D eigenvalue weighted by Crippen LogP contribution is 2.23. The van der Waals surface area contributed by atoms with Crippen molar-refractivity contribution in [2.45, 2.75) is 64.2 Å². The molecule has 0 saturated heterocycles. The van der Waals surface area contributed by atoms with E-state index in [1.807, 2.05) is 17.5 Å². The highest BCUT2D eigenvalue weighted by Gasteiger charge is 2.20. The van der Waals surface area contributed by atoms with E-state index in [4.69, 9.17) is 0 Å². The molecular weight excluding hydrogens is 382 g/mol. The lowest BCUT2D eigenvalue weighted by molar-refractivity contribution is -0.122. The van der Waals surface area contributed by atoms with Gasteiger partial charge in [0.25, 0.3) is 5.91 Å². The van der Waals surface area contributed by atoms with Crippen LogP contribution >= 0.6 is 11.3 Å². The average molecular weight is 414 g/mol. The van der Waals surface area contributed by atoms with Crippen molar-refractivity contribution in [3.63, 3.8) is 0 Å². The van der Waals surface area contributed by atoms with Crippen molar-refractivity contribution < 1.29 is 9.59 Å². The predicted molar refractivity (Wildman–Crippen MR) is 118 cm³/mol. The molecule has 1 aromatic carbocycles. The minimum atomic E-state index is -0.582. The van der Waals surface area contributed by atoms with Crippen LogP contribution in [0.4, 0.5) is 0 Å². The summed E-state index contributed by atoms with van der Waals surface area (Å²) in [5.41, 5.74) is 2.37. The topological polar surface area (TPSA) is 61.4 Å². The molecule has 0 radical (unpaired) electrons. The molecule has 1 aliphatic carbocycles. The molecule has 0 aliphatic heterocycles. The van der Waals surface area contributed by atoms with Crippen molar-refractivity contribution in [1.29, 1.82) is 0 Å². The first-order valence-electron chi connectivity index (χ1n) is 10.4. The van der Waals surface area contributed by atoms with E-state index in [0.29, 0.717) is 17.5 Å². The lowest BCUT2D eigenvalue weighted by Gasteiger charge is -2.31. The van der Waals surface area contributed by atoms with Crippen molar-refractivity contribution in [3.05, 3.63) is 57.8 Å². The molecular formula is C23H31N3O2S. The first-order chi connectivity index (χ1) is 14.0. The molecule has 0 spiro atoms. The van der Waals surface area contributed by atoms with Crippen LogP contribution in [0.3, 0.4) is 0 Å². The second-order valence-corrected chi connectivity index (χ2v) is 8.81. The number of carbonyl (C=O) groups is 2. The summed E-state index contributed by atoms with van der Waals surface area (Å²) in [6.45, 7) is 3.07. The number of benzene rings is 1. The third-order valence-electron chi connectivity index (χ3n) is 5.68. The molecule has 2 N–H and O–H groups in total. The Morgan fingerprint density at radius 3 is 2.52 bits per heavy atom. The van der Waals surface area contributed by atoms with Gasteiger partial charge in [-0.1, -0.05) is 49.6 Å². The highest BCUT2D eigenvalue weighted by atomic mass is 32.1. The van der Waals surface area contributed by atoms with Crippen molar-refractivity contribution in [1.82, 2.24) is 15.5 Å². The molecule has 1 aromatic heterocycles. The van der Waals surface area contributed by atoms with Gasteiger partial charge >= 0.3 is 0 Å². The van der Waals surface area contributed by atoms with Gasteiger partial charge in [-0.15, -0.1) is 11.3 Å². The summed E-state index contributed by atoms with van der Waals surface area (Å²) in [5.74, 6) is -0.387. The number of thiophene rings is 1. The Labute approximate surface area is 177 Å². The van der Waals surface area contributed by atoms with Crippen LogP contribution in [0.15, 0.2) is 41.8 Å². The monoisotopic (exact) mass is 413 g/mol. The van der Waals surface area contributed by atoms with Gasteiger partial charge in [0, 0.05) is 19.1 Å². The van der Waals surface area contributed by atoms with Gasteiger partial charge < -0.3 is 10.6 Å². The second-order valence-electron chi connectivity index (χ2n) is 7.87.